The molecule has 1 saturated heterocycles. The van der Waals surface area contributed by atoms with E-state index in [1.165, 1.54) is 5.56 Å². The molecule has 6 nitrogen and oxygen atoms in total. The third-order valence-electron chi connectivity index (χ3n) is 6.06. The van der Waals surface area contributed by atoms with E-state index in [1.54, 1.807) is 6.92 Å². The Labute approximate surface area is 200 Å². The van der Waals surface area contributed by atoms with E-state index in [0.717, 1.165) is 31.5 Å². The average molecular weight is 456 g/mol. The molecule has 3 aromatic carbocycles. The molecule has 34 heavy (non-hydrogen) atoms. The van der Waals surface area contributed by atoms with Gasteiger partial charge in [-0.25, -0.2) is 4.79 Å². The molecule has 0 spiro atoms. The Bertz CT molecular complexity index is 1160. The Balaban J connectivity index is 1.61. The Kier molecular flexibility index (Phi) is 7.50. The first-order chi connectivity index (χ1) is 16.5. The van der Waals surface area contributed by atoms with E-state index >= 15 is 0 Å². The van der Waals surface area contributed by atoms with Gasteiger partial charge in [0, 0.05) is 17.7 Å². The lowest BCUT2D eigenvalue weighted by Gasteiger charge is -2.24. The number of anilines is 1. The largest absolute Gasteiger partial charge is 0.480 e. The highest BCUT2D eigenvalue weighted by molar-refractivity contribution is 6.17. The highest BCUT2D eigenvalue weighted by atomic mass is 16.4. The average Bonchev–Trinajstić information content (AvgIpc) is 3.32. The molecular formula is C28H29N3O3. The van der Waals surface area contributed by atoms with Gasteiger partial charge in [0.15, 0.2) is 0 Å². The van der Waals surface area contributed by atoms with Crippen molar-refractivity contribution in [2.45, 2.75) is 38.4 Å². The molecule has 1 aliphatic heterocycles. The van der Waals surface area contributed by atoms with Crippen LogP contribution in [0.4, 0.5) is 5.69 Å². The molecule has 2 atom stereocenters. The van der Waals surface area contributed by atoms with Gasteiger partial charge in [-0.2, -0.15) is 0 Å². The predicted octanol–water partition coefficient (Wildman–Crippen LogP) is 4.60. The third kappa shape index (κ3) is 5.58. The number of nitrogens with zero attached hydrogens (tertiary/aromatic N) is 2. The minimum atomic E-state index is -1.00. The first kappa shape index (κ1) is 23.4. The number of carboxylic acid groups (broad SMARTS) is 1. The van der Waals surface area contributed by atoms with E-state index in [0.29, 0.717) is 17.0 Å². The van der Waals surface area contributed by atoms with E-state index in [4.69, 9.17) is 0 Å². The van der Waals surface area contributed by atoms with Crippen molar-refractivity contribution in [2.75, 3.05) is 11.9 Å². The minimum absolute atomic E-state index is 0.0559. The van der Waals surface area contributed by atoms with Crippen LogP contribution in [0.2, 0.25) is 0 Å². The van der Waals surface area contributed by atoms with Gasteiger partial charge in [-0.3, -0.25) is 14.7 Å². The van der Waals surface area contributed by atoms with Gasteiger partial charge in [0.05, 0.1) is 17.4 Å². The summed E-state index contributed by atoms with van der Waals surface area (Å²) in [5, 5.41) is 12.6. The van der Waals surface area contributed by atoms with E-state index in [1.807, 2.05) is 72.8 Å². The number of aliphatic carboxylic acids is 1. The summed E-state index contributed by atoms with van der Waals surface area (Å²) in [5.74, 6) is -1.06. The van der Waals surface area contributed by atoms with Crippen LogP contribution in [0, 0.1) is 0 Å². The normalized spacial score (nSPS) is 17.3. The Morgan fingerprint density at radius 1 is 1.00 bits per heavy atom. The number of aliphatic imine (C=N–C) groups is 1. The maximum absolute atomic E-state index is 13.4. The van der Waals surface area contributed by atoms with Crippen LogP contribution < -0.4 is 5.32 Å². The molecule has 0 aliphatic carbocycles. The molecule has 2 N–H and O–H groups in total. The first-order valence-electron chi connectivity index (χ1n) is 11.6. The molecule has 1 amide bonds. The van der Waals surface area contributed by atoms with Gasteiger partial charge in [-0.15, -0.1) is 0 Å². The topological polar surface area (TPSA) is 82.0 Å². The summed E-state index contributed by atoms with van der Waals surface area (Å²) >= 11 is 0. The zero-order valence-electron chi connectivity index (χ0n) is 19.2. The lowest BCUT2D eigenvalue weighted by molar-refractivity contribution is -0.138. The summed E-state index contributed by atoms with van der Waals surface area (Å²) in [6, 6.07) is 25.9. The molecule has 0 radical (unpaired) electrons. The Morgan fingerprint density at radius 3 is 2.35 bits per heavy atom. The van der Waals surface area contributed by atoms with Crippen LogP contribution in [0.1, 0.15) is 36.5 Å². The molecule has 4 rings (SSSR count). The number of nitrogens with one attached hydrogen (secondary N) is 1. The number of hydrogen-bond donors (Lipinski definition) is 2. The van der Waals surface area contributed by atoms with Crippen LogP contribution in [-0.4, -0.2) is 46.2 Å². The molecule has 0 saturated carbocycles. The zero-order valence-corrected chi connectivity index (χ0v) is 19.2. The van der Waals surface area contributed by atoms with Crippen LogP contribution in [0.25, 0.3) is 0 Å². The summed E-state index contributed by atoms with van der Waals surface area (Å²) in [6.07, 6.45) is 1.77. The SMILES string of the molecule is CC(N=C(c1ccccc1)c1ccccc1NC(=O)[C@@H]1CCCN1Cc1ccccc1)C(=O)O. The van der Waals surface area contributed by atoms with Gasteiger partial charge in [-0.05, 0) is 37.9 Å². The molecule has 3 aromatic rings. The lowest BCUT2D eigenvalue weighted by atomic mass is 9.99. The lowest BCUT2D eigenvalue weighted by Crippen LogP contribution is -2.39. The van der Waals surface area contributed by atoms with Gasteiger partial charge >= 0.3 is 5.97 Å². The van der Waals surface area contributed by atoms with E-state index < -0.39 is 12.0 Å². The Morgan fingerprint density at radius 2 is 1.65 bits per heavy atom. The summed E-state index contributed by atoms with van der Waals surface area (Å²) in [7, 11) is 0. The molecular weight excluding hydrogens is 426 g/mol. The van der Waals surface area contributed by atoms with Crippen molar-refractivity contribution in [3.63, 3.8) is 0 Å². The summed E-state index contributed by atoms with van der Waals surface area (Å²) in [5.41, 5.74) is 3.84. The molecule has 1 aliphatic rings. The maximum atomic E-state index is 13.4. The number of para-hydroxylation sites is 1. The van der Waals surface area contributed by atoms with E-state index in [-0.39, 0.29) is 11.9 Å². The van der Waals surface area contributed by atoms with Crippen LogP contribution in [0.15, 0.2) is 89.9 Å². The van der Waals surface area contributed by atoms with Crippen LogP contribution in [-0.2, 0) is 16.1 Å². The highest BCUT2D eigenvalue weighted by Crippen LogP contribution is 2.25. The number of amides is 1. The fraction of sp³-hybridized carbons (Fsp3) is 0.250. The van der Waals surface area contributed by atoms with Crippen LogP contribution in [0.5, 0.6) is 0 Å². The van der Waals surface area contributed by atoms with Crippen molar-refractivity contribution in [3.8, 4) is 0 Å². The predicted molar refractivity (Wildman–Crippen MR) is 134 cm³/mol. The van der Waals surface area contributed by atoms with Gasteiger partial charge in [-0.1, -0.05) is 78.9 Å². The third-order valence-corrected chi connectivity index (χ3v) is 6.06. The standard InChI is InChI=1S/C28H29N3O3/c1-20(28(33)34)29-26(22-13-6-3-7-14-22)23-15-8-9-16-24(23)30-27(32)25-17-10-18-31(25)19-21-11-4-2-5-12-21/h2-9,11-16,20,25H,10,17-19H2,1H3,(H,30,32)(H,33,34)/t20?,25-/m0/s1. The fourth-order valence-corrected chi connectivity index (χ4v) is 4.29. The van der Waals surface area contributed by atoms with Gasteiger partial charge in [0.2, 0.25) is 5.91 Å². The first-order valence-corrected chi connectivity index (χ1v) is 11.6. The molecule has 6 heteroatoms. The van der Waals surface area contributed by atoms with Crippen molar-refractivity contribution in [1.29, 1.82) is 0 Å². The van der Waals surface area contributed by atoms with E-state index in [9.17, 15) is 14.7 Å². The fourth-order valence-electron chi connectivity index (χ4n) is 4.29. The maximum Gasteiger partial charge on any atom is 0.328 e. The summed E-state index contributed by atoms with van der Waals surface area (Å²) in [4.78, 5) is 31.6. The molecule has 1 heterocycles. The monoisotopic (exact) mass is 455 g/mol. The number of carboxylic acids is 1. The molecule has 0 aromatic heterocycles. The van der Waals surface area contributed by atoms with Crippen molar-refractivity contribution in [2.24, 2.45) is 4.99 Å². The molecule has 0 bridgehead atoms. The summed E-state index contributed by atoms with van der Waals surface area (Å²) < 4.78 is 0. The van der Waals surface area contributed by atoms with Crippen LogP contribution >= 0.6 is 0 Å². The minimum Gasteiger partial charge on any atom is -0.480 e. The summed E-state index contributed by atoms with van der Waals surface area (Å²) in [6.45, 7) is 3.15. The Hall–Kier alpha value is -3.77. The molecule has 1 unspecified atom stereocenters. The second kappa shape index (κ2) is 10.9. The smallest absolute Gasteiger partial charge is 0.328 e. The molecule has 1 fully saturated rings. The second-order valence-electron chi connectivity index (χ2n) is 8.51. The quantitative estimate of drug-likeness (QED) is 0.487. The van der Waals surface area contributed by atoms with Crippen molar-refractivity contribution in [3.05, 3.63) is 102 Å². The number of rotatable bonds is 8. The van der Waals surface area contributed by atoms with Crippen molar-refractivity contribution >= 4 is 23.3 Å². The zero-order chi connectivity index (χ0) is 23.9. The van der Waals surface area contributed by atoms with E-state index in [2.05, 4.69) is 27.3 Å². The van der Waals surface area contributed by atoms with Gasteiger partial charge < -0.3 is 10.4 Å². The van der Waals surface area contributed by atoms with Gasteiger partial charge in [0.1, 0.15) is 6.04 Å². The van der Waals surface area contributed by atoms with Gasteiger partial charge in [0.25, 0.3) is 0 Å². The molecule has 174 valence electrons. The second-order valence-corrected chi connectivity index (χ2v) is 8.51. The van der Waals surface area contributed by atoms with Crippen molar-refractivity contribution < 1.29 is 14.7 Å². The highest BCUT2D eigenvalue weighted by Gasteiger charge is 2.31. The van der Waals surface area contributed by atoms with Crippen molar-refractivity contribution in [1.82, 2.24) is 4.90 Å². The van der Waals surface area contributed by atoms with Crippen LogP contribution in [0.3, 0.4) is 0 Å². The number of likely N-dealkylation sites (tertiary alicyclic amines) is 1. The number of benzene rings is 3. The number of hydrogen-bond acceptors (Lipinski definition) is 4. The number of carbonyl (C=O) groups is 2. The number of carbonyl (C=O) groups excluding carboxylic acids is 1.